The average Bonchev–Trinajstić information content (AvgIpc) is 1.90. The summed E-state index contributed by atoms with van der Waals surface area (Å²) in [6.45, 7) is 0. The van der Waals surface area contributed by atoms with Crippen molar-refractivity contribution in [1.82, 2.24) is 0 Å². The maximum atomic E-state index is 8.10. The van der Waals surface area contributed by atoms with Crippen LogP contribution in [0.25, 0.3) is 0 Å². The lowest BCUT2D eigenvalue weighted by molar-refractivity contribution is -0.137. The summed E-state index contributed by atoms with van der Waals surface area (Å²) in [6, 6.07) is 6.72. The van der Waals surface area contributed by atoms with Gasteiger partial charge in [-0.25, -0.2) is 5.26 Å². The van der Waals surface area contributed by atoms with Crippen molar-refractivity contribution in [3.8, 4) is 5.75 Å². The van der Waals surface area contributed by atoms with Gasteiger partial charge in [0.1, 0.15) is 0 Å². The van der Waals surface area contributed by atoms with Crippen LogP contribution < -0.4 is 4.89 Å². The lowest BCUT2D eigenvalue weighted by atomic mass is 10.3. The third-order valence-electron chi connectivity index (χ3n) is 0.942. The zero-order valence-electron chi connectivity index (χ0n) is 4.61. The molecule has 0 unspecified atom stereocenters. The Kier molecular flexibility index (Phi) is 1.97. The number of thiol groups is 1. The maximum Gasteiger partial charge on any atom is 0.165 e. The molecular weight excluding hydrogens is 136 g/mol. The molecule has 0 heterocycles. The largest absolute Gasteiger partial charge is 0.340 e. The van der Waals surface area contributed by atoms with Crippen LogP contribution in [0.3, 0.4) is 0 Å². The molecule has 9 heavy (non-hydrogen) atoms. The monoisotopic (exact) mass is 142 g/mol. The second-order valence-corrected chi connectivity index (χ2v) is 2.10. The molecule has 0 bridgehead atoms. The number of hydrogen-bond acceptors (Lipinski definition) is 3. The highest BCUT2D eigenvalue weighted by atomic mass is 32.1. The molecule has 0 spiro atoms. The highest BCUT2D eigenvalue weighted by Crippen LogP contribution is 2.12. The summed E-state index contributed by atoms with van der Waals surface area (Å²) in [5.41, 5.74) is 0. The van der Waals surface area contributed by atoms with Gasteiger partial charge in [0, 0.05) is 4.90 Å². The van der Waals surface area contributed by atoms with E-state index in [1.54, 1.807) is 24.3 Å². The van der Waals surface area contributed by atoms with Crippen molar-refractivity contribution in [1.29, 1.82) is 0 Å². The average molecular weight is 142 g/mol. The first-order chi connectivity index (χ1) is 4.33. The number of hydrogen-bond donors (Lipinski definition) is 2. The summed E-state index contributed by atoms with van der Waals surface area (Å²) in [6.07, 6.45) is 0. The minimum atomic E-state index is 0.424. The maximum absolute atomic E-state index is 8.10. The summed E-state index contributed by atoms with van der Waals surface area (Å²) in [7, 11) is 0. The molecule has 48 valence electrons. The van der Waals surface area contributed by atoms with Crippen LogP contribution in [0.1, 0.15) is 0 Å². The zero-order valence-corrected chi connectivity index (χ0v) is 5.51. The number of benzene rings is 1. The summed E-state index contributed by atoms with van der Waals surface area (Å²) < 4.78 is 0. The van der Waals surface area contributed by atoms with Gasteiger partial charge in [0.15, 0.2) is 5.75 Å². The molecule has 3 heteroatoms. The van der Waals surface area contributed by atoms with Gasteiger partial charge in [0.05, 0.1) is 0 Å². The van der Waals surface area contributed by atoms with E-state index in [0.29, 0.717) is 5.75 Å². The van der Waals surface area contributed by atoms with Gasteiger partial charge in [0.25, 0.3) is 0 Å². The van der Waals surface area contributed by atoms with E-state index in [9.17, 15) is 0 Å². The van der Waals surface area contributed by atoms with Crippen LogP contribution in [0.15, 0.2) is 29.2 Å². The normalized spacial score (nSPS) is 9.11. The second kappa shape index (κ2) is 2.75. The summed E-state index contributed by atoms with van der Waals surface area (Å²) in [5.74, 6) is 0.424. The van der Waals surface area contributed by atoms with Gasteiger partial charge in [-0.2, -0.15) is 0 Å². The Labute approximate surface area is 58.4 Å². The van der Waals surface area contributed by atoms with Crippen molar-refractivity contribution >= 4 is 12.6 Å². The molecule has 1 aromatic rings. The molecule has 2 nitrogen and oxygen atoms in total. The van der Waals surface area contributed by atoms with Crippen molar-refractivity contribution in [3.05, 3.63) is 24.3 Å². The number of rotatable bonds is 1. The van der Waals surface area contributed by atoms with E-state index in [-0.39, 0.29) is 0 Å². The summed E-state index contributed by atoms with van der Waals surface area (Å²) in [5, 5.41) is 8.10. The van der Waals surface area contributed by atoms with Crippen LogP contribution >= 0.6 is 12.6 Å². The van der Waals surface area contributed by atoms with E-state index in [0.717, 1.165) is 4.90 Å². The molecule has 0 saturated carbocycles. The molecule has 0 atom stereocenters. The Hall–Kier alpha value is -0.670. The molecule has 0 aliphatic heterocycles. The molecule has 0 amide bonds. The third kappa shape index (κ3) is 1.62. The predicted molar refractivity (Wildman–Crippen MR) is 37.0 cm³/mol. The van der Waals surface area contributed by atoms with E-state index in [2.05, 4.69) is 17.5 Å². The topological polar surface area (TPSA) is 29.5 Å². The molecule has 0 radical (unpaired) electrons. The minimum Gasteiger partial charge on any atom is -0.340 e. The van der Waals surface area contributed by atoms with Gasteiger partial charge >= 0.3 is 0 Å². The highest BCUT2D eigenvalue weighted by Gasteiger charge is 1.88. The molecule has 1 rings (SSSR count). The molecule has 0 fully saturated rings. The highest BCUT2D eigenvalue weighted by molar-refractivity contribution is 7.80. The van der Waals surface area contributed by atoms with Crippen molar-refractivity contribution in [2.75, 3.05) is 0 Å². The predicted octanol–water partition coefficient (Wildman–Crippen LogP) is 1.83. The fraction of sp³-hybridized carbons (Fsp3) is 0. The Balaban J connectivity index is 2.88. The smallest absolute Gasteiger partial charge is 0.165 e. The first kappa shape index (κ1) is 6.45. The fourth-order valence-electron chi connectivity index (χ4n) is 0.507. The van der Waals surface area contributed by atoms with E-state index < -0.39 is 0 Å². The van der Waals surface area contributed by atoms with Crippen LogP contribution in [-0.4, -0.2) is 5.26 Å². The molecule has 0 saturated heterocycles. The quantitative estimate of drug-likeness (QED) is 0.356. The van der Waals surface area contributed by atoms with E-state index in [1.165, 1.54) is 0 Å². The summed E-state index contributed by atoms with van der Waals surface area (Å²) >= 11 is 4.03. The Morgan fingerprint density at radius 1 is 1.22 bits per heavy atom. The van der Waals surface area contributed by atoms with E-state index >= 15 is 0 Å². The van der Waals surface area contributed by atoms with Gasteiger partial charge in [0.2, 0.25) is 0 Å². The van der Waals surface area contributed by atoms with Crippen LogP contribution in [0.5, 0.6) is 5.75 Å². The van der Waals surface area contributed by atoms with E-state index in [4.69, 9.17) is 5.26 Å². The van der Waals surface area contributed by atoms with Crippen LogP contribution in [0, 0.1) is 0 Å². The third-order valence-corrected chi connectivity index (χ3v) is 1.24. The lowest BCUT2D eigenvalue weighted by Crippen LogP contribution is -1.80. The summed E-state index contributed by atoms with van der Waals surface area (Å²) in [4.78, 5) is 4.78. The van der Waals surface area contributed by atoms with Crippen molar-refractivity contribution in [2.24, 2.45) is 0 Å². The second-order valence-electron chi connectivity index (χ2n) is 1.59. The van der Waals surface area contributed by atoms with Gasteiger partial charge < -0.3 is 4.89 Å². The molecule has 1 aromatic carbocycles. The van der Waals surface area contributed by atoms with Gasteiger partial charge in [-0.1, -0.05) is 0 Å². The molecule has 0 aliphatic rings. The van der Waals surface area contributed by atoms with Crippen LogP contribution in [-0.2, 0) is 0 Å². The van der Waals surface area contributed by atoms with Gasteiger partial charge in [-0.05, 0) is 24.3 Å². The fourth-order valence-corrected chi connectivity index (χ4v) is 0.656. The Bertz CT molecular complexity index is 183. The standard InChI is InChI=1S/C6H6O2S/c7-8-5-1-3-6(9)4-2-5/h1-4,7,9H. The van der Waals surface area contributed by atoms with Crippen molar-refractivity contribution in [2.45, 2.75) is 4.90 Å². The van der Waals surface area contributed by atoms with Gasteiger partial charge in [-0.15, -0.1) is 12.6 Å². The Morgan fingerprint density at radius 2 is 1.78 bits per heavy atom. The van der Waals surface area contributed by atoms with Crippen LogP contribution in [0.2, 0.25) is 0 Å². The first-order valence-electron chi connectivity index (χ1n) is 2.43. The first-order valence-corrected chi connectivity index (χ1v) is 2.88. The minimum absolute atomic E-state index is 0.424. The molecule has 0 aliphatic carbocycles. The Morgan fingerprint density at radius 3 is 2.22 bits per heavy atom. The van der Waals surface area contributed by atoms with E-state index in [1.807, 2.05) is 0 Å². The van der Waals surface area contributed by atoms with Crippen molar-refractivity contribution in [3.63, 3.8) is 0 Å². The zero-order chi connectivity index (χ0) is 6.69. The SMILES string of the molecule is OOc1ccc(S)cc1. The van der Waals surface area contributed by atoms with Crippen LogP contribution in [0.4, 0.5) is 0 Å². The molecule has 1 N–H and O–H groups in total. The van der Waals surface area contributed by atoms with Gasteiger partial charge in [-0.3, -0.25) is 0 Å². The molecular formula is C6H6O2S. The molecule has 0 aromatic heterocycles. The lowest BCUT2D eigenvalue weighted by Gasteiger charge is -1.93. The van der Waals surface area contributed by atoms with Crippen molar-refractivity contribution < 1.29 is 10.1 Å².